The van der Waals surface area contributed by atoms with E-state index < -0.39 is 30.1 Å². The van der Waals surface area contributed by atoms with E-state index in [4.69, 9.17) is 16.7 Å². The molecule has 0 saturated heterocycles. The monoisotopic (exact) mass is 254 g/mol. The smallest absolute Gasteiger partial charge is 0.339 e. The number of aromatic nitrogens is 1. The van der Waals surface area contributed by atoms with Crippen molar-refractivity contribution < 1.29 is 23.1 Å². The lowest BCUT2D eigenvalue weighted by Crippen LogP contribution is -2.24. The molecule has 0 aliphatic rings. The van der Waals surface area contributed by atoms with Crippen molar-refractivity contribution in [3.05, 3.63) is 22.8 Å². The highest BCUT2D eigenvalue weighted by Crippen LogP contribution is 2.19. The molecule has 88 valence electrons. The third-order valence-electron chi connectivity index (χ3n) is 1.58. The van der Waals surface area contributed by atoms with E-state index >= 15 is 0 Å². The molecule has 0 saturated carbocycles. The summed E-state index contributed by atoms with van der Waals surface area (Å²) in [4.78, 5) is 14.1. The third kappa shape index (κ3) is 2.99. The zero-order valence-corrected chi connectivity index (χ0v) is 8.38. The minimum atomic E-state index is -3.28. The number of hydrogen-bond acceptors (Lipinski definition) is 3. The fourth-order valence-corrected chi connectivity index (χ4v) is 1.07. The van der Waals surface area contributed by atoms with Crippen LogP contribution in [0.3, 0.4) is 0 Å². The predicted octanol–water partition coefficient (Wildman–Crippen LogP) is 2.41. The summed E-state index contributed by atoms with van der Waals surface area (Å²) < 4.78 is 36.4. The van der Waals surface area contributed by atoms with Gasteiger partial charge in [0.2, 0.25) is 6.30 Å². The van der Waals surface area contributed by atoms with Crippen LogP contribution < -0.4 is 5.32 Å². The summed E-state index contributed by atoms with van der Waals surface area (Å²) in [5, 5.41) is 10.4. The van der Waals surface area contributed by atoms with Gasteiger partial charge < -0.3 is 10.4 Å². The van der Waals surface area contributed by atoms with E-state index in [9.17, 15) is 18.0 Å². The van der Waals surface area contributed by atoms with Crippen LogP contribution in [0.2, 0.25) is 5.02 Å². The Balaban J connectivity index is 2.99. The SMILES string of the molecule is O=C(O)c1cc(Cl)cnc1NC(F)C(F)F. The Morgan fingerprint density at radius 2 is 2.12 bits per heavy atom. The predicted molar refractivity (Wildman–Crippen MR) is 50.7 cm³/mol. The van der Waals surface area contributed by atoms with Gasteiger partial charge in [-0.3, -0.25) is 0 Å². The quantitative estimate of drug-likeness (QED) is 0.810. The van der Waals surface area contributed by atoms with Gasteiger partial charge in [0.05, 0.1) is 5.02 Å². The molecule has 0 aliphatic heterocycles. The number of carboxylic acid groups (broad SMARTS) is 1. The molecule has 0 spiro atoms. The lowest BCUT2D eigenvalue weighted by Gasteiger charge is -2.12. The Kier molecular flexibility index (Phi) is 3.94. The zero-order valence-electron chi connectivity index (χ0n) is 7.62. The number of aromatic carboxylic acids is 1. The molecule has 0 amide bonds. The molecular formula is C8H6ClF3N2O2. The van der Waals surface area contributed by atoms with Crippen molar-refractivity contribution in [1.29, 1.82) is 0 Å². The van der Waals surface area contributed by atoms with Crippen LogP contribution in [-0.2, 0) is 0 Å². The van der Waals surface area contributed by atoms with Crippen LogP contribution in [-0.4, -0.2) is 28.8 Å². The maximum absolute atomic E-state index is 12.6. The summed E-state index contributed by atoms with van der Waals surface area (Å²) in [6.07, 6.45) is -4.94. The molecule has 0 radical (unpaired) electrons. The van der Waals surface area contributed by atoms with Crippen molar-refractivity contribution in [2.75, 3.05) is 5.32 Å². The minimum Gasteiger partial charge on any atom is -0.478 e. The van der Waals surface area contributed by atoms with Crippen molar-refractivity contribution in [3.63, 3.8) is 0 Å². The lowest BCUT2D eigenvalue weighted by molar-refractivity contribution is 0.0638. The summed E-state index contributed by atoms with van der Waals surface area (Å²) in [5.41, 5.74) is -0.476. The molecule has 1 aromatic heterocycles. The van der Waals surface area contributed by atoms with Crippen LogP contribution in [0.15, 0.2) is 12.3 Å². The first-order valence-corrected chi connectivity index (χ1v) is 4.37. The van der Waals surface area contributed by atoms with Crippen LogP contribution in [0.1, 0.15) is 10.4 Å². The summed E-state index contributed by atoms with van der Waals surface area (Å²) in [6, 6.07) is 0.984. The minimum absolute atomic E-state index is 0.00963. The number of rotatable bonds is 4. The molecule has 0 aliphatic carbocycles. The van der Waals surface area contributed by atoms with Gasteiger partial charge in [0.25, 0.3) is 6.43 Å². The largest absolute Gasteiger partial charge is 0.478 e. The van der Waals surface area contributed by atoms with Gasteiger partial charge in [0, 0.05) is 6.20 Å². The highest BCUT2D eigenvalue weighted by Gasteiger charge is 2.22. The number of halogens is 4. The van der Waals surface area contributed by atoms with Gasteiger partial charge in [0.1, 0.15) is 11.4 Å². The number of anilines is 1. The van der Waals surface area contributed by atoms with E-state index in [1.807, 2.05) is 0 Å². The van der Waals surface area contributed by atoms with Gasteiger partial charge in [-0.25, -0.2) is 22.9 Å². The van der Waals surface area contributed by atoms with Gasteiger partial charge in [-0.15, -0.1) is 0 Å². The Labute approximate surface area is 93.1 Å². The standard InChI is InChI=1S/C8H6ClF3N2O2/c9-3-1-4(8(15)16)7(13-2-3)14-6(12)5(10)11/h1-2,5-6H,(H,13,14)(H,15,16). The normalized spacial score (nSPS) is 12.6. The molecule has 1 aromatic rings. The number of carbonyl (C=O) groups is 1. The molecule has 16 heavy (non-hydrogen) atoms. The average molecular weight is 255 g/mol. The number of pyridine rings is 1. The molecule has 4 nitrogen and oxygen atoms in total. The second kappa shape index (κ2) is 5.02. The number of nitrogens with zero attached hydrogens (tertiary/aromatic N) is 1. The van der Waals surface area contributed by atoms with Gasteiger partial charge >= 0.3 is 5.97 Å². The Bertz CT molecular complexity index is 403. The molecule has 0 aromatic carbocycles. The molecule has 2 N–H and O–H groups in total. The van der Waals surface area contributed by atoms with Crippen molar-refractivity contribution >= 4 is 23.4 Å². The second-order valence-corrected chi connectivity index (χ2v) is 3.17. The van der Waals surface area contributed by atoms with E-state index in [0.717, 1.165) is 12.3 Å². The summed E-state index contributed by atoms with van der Waals surface area (Å²) >= 11 is 5.46. The zero-order chi connectivity index (χ0) is 12.3. The topological polar surface area (TPSA) is 62.2 Å². The molecule has 1 rings (SSSR count). The first-order valence-electron chi connectivity index (χ1n) is 3.99. The van der Waals surface area contributed by atoms with E-state index in [1.54, 1.807) is 5.32 Å². The first-order chi connectivity index (χ1) is 7.41. The van der Waals surface area contributed by atoms with Crippen LogP contribution >= 0.6 is 11.6 Å². The van der Waals surface area contributed by atoms with Gasteiger partial charge in [-0.2, -0.15) is 0 Å². The highest BCUT2D eigenvalue weighted by atomic mass is 35.5. The number of carboxylic acids is 1. The Morgan fingerprint density at radius 1 is 1.50 bits per heavy atom. The lowest BCUT2D eigenvalue weighted by atomic mass is 10.2. The van der Waals surface area contributed by atoms with Crippen molar-refractivity contribution in [3.8, 4) is 0 Å². The number of hydrogen-bond donors (Lipinski definition) is 2. The summed E-state index contributed by atoms with van der Waals surface area (Å²) in [7, 11) is 0. The molecule has 8 heteroatoms. The molecule has 1 unspecified atom stereocenters. The van der Waals surface area contributed by atoms with Gasteiger partial charge in [-0.05, 0) is 6.07 Å². The van der Waals surface area contributed by atoms with E-state index in [2.05, 4.69) is 4.98 Å². The van der Waals surface area contributed by atoms with Gasteiger partial charge in [-0.1, -0.05) is 11.6 Å². The van der Waals surface area contributed by atoms with Crippen molar-refractivity contribution in [1.82, 2.24) is 4.98 Å². The van der Waals surface area contributed by atoms with E-state index in [0.29, 0.717) is 0 Å². The average Bonchev–Trinajstić information content (AvgIpc) is 2.20. The molecule has 0 bridgehead atoms. The summed E-state index contributed by atoms with van der Waals surface area (Å²) in [6.45, 7) is 0. The summed E-state index contributed by atoms with van der Waals surface area (Å²) in [5.74, 6) is -1.94. The van der Waals surface area contributed by atoms with Gasteiger partial charge in [0.15, 0.2) is 0 Å². The second-order valence-electron chi connectivity index (χ2n) is 2.74. The number of nitrogens with one attached hydrogen (secondary N) is 1. The fourth-order valence-electron chi connectivity index (χ4n) is 0.911. The third-order valence-corrected chi connectivity index (χ3v) is 1.79. The van der Waals surface area contributed by atoms with E-state index in [1.165, 1.54) is 0 Å². The fraction of sp³-hybridized carbons (Fsp3) is 0.250. The number of alkyl halides is 3. The van der Waals surface area contributed by atoms with Crippen LogP contribution in [0.25, 0.3) is 0 Å². The first kappa shape index (κ1) is 12.6. The molecule has 0 fully saturated rings. The maximum Gasteiger partial charge on any atom is 0.339 e. The molecular weight excluding hydrogens is 249 g/mol. The Morgan fingerprint density at radius 3 is 2.62 bits per heavy atom. The van der Waals surface area contributed by atoms with Crippen molar-refractivity contribution in [2.45, 2.75) is 12.7 Å². The van der Waals surface area contributed by atoms with Crippen LogP contribution in [0.5, 0.6) is 0 Å². The van der Waals surface area contributed by atoms with Crippen molar-refractivity contribution in [2.24, 2.45) is 0 Å². The van der Waals surface area contributed by atoms with Crippen LogP contribution in [0, 0.1) is 0 Å². The maximum atomic E-state index is 12.6. The van der Waals surface area contributed by atoms with Crippen LogP contribution in [0.4, 0.5) is 19.0 Å². The molecule has 1 atom stereocenters. The Hall–Kier alpha value is -1.50. The highest BCUT2D eigenvalue weighted by molar-refractivity contribution is 6.30. The van der Waals surface area contributed by atoms with E-state index in [-0.39, 0.29) is 5.02 Å². The molecule has 1 heterocycles.